The Kier molecular flexibility index (Phi) is 8.20. The molecule has 0 spiro atoms. The predicted octanol–water partition coefficient (Wildman–Crippen LogP) is 1.41. The molecule has 0 atom stereocenters. The molecule has 2 rings (SSSR count). The van der Waals surface area contributed by atoms with E-state index in [-0.39, 0.29) is 24.3 Å². The molecule has 1 aromatic carbocycles. The number of benzene rings is 1. The van der Waals surface area contributed by atoms with Gasteiger partial charge in [-0.25, -0.2) is 9.18 Å². The Morgan fingerprint density at radius 1 is 1.31 bits per heavy atom. The fraction of sp³-hybridized carbons (Fsp3) is 0.471. The van der Waals surface area contributed by atoms with Crippen LogP contribution < -0.4 is 16.0 Å². The lowest BCUT2D eigenvalue weighted by Gasteiger charge is -2.15. The van der Waals surface area contributed by atoms with Crippen molar-refractivity contribution in [2.75, 3.05) is 38.5 Å². The maximum atomic E-state index is 12.8. The van der Waals surface area contributed by atoms with Crippen LogP contribution in [0.5, 0.6) is 0 Å². The smallest absolute Gasteiger partial charge is 0.324 e. The Labute approximate surface area is 156 Å². The van der Waals surface area contributed by atoms with Gasteiger partial charge in [0.1, 0.15) is 5.82 Å². The molecule has 0 aliphatic carbocycles. The van der Waals surface area contributed by atoms with Gasteiger partial charge < -0.3 is 16.0 Å². The molecule has 0 saturated carbocycles. The highest BCUT2D eigenvalue weighted by molar-refractivity contribution is 7.99. The van der Waals surface area contributed by atoms with E-state index in [4.69, 9.17) is 0 Å². The summed E-state index contributed by atoms with van der Waals surface area (Å²) in [6, 6.07) is 6.10. The summed E-state index contributed by atoms with van der Waals surface area (Å²) in [5, 5.41) is 8.74. The second kappa shape index (κ2) is 10.6. The molecule has 26 heavy (non-hydrogen) atoms. The standard InChI is InChI=1S/C17H24FN5O2S/c1-2-19-16(21-9-10-23-15(24)12-22-17(23)25)20-8-3-11-26-14-6-4-13(18)5-7-14/h4-7H,2-3,8-12H2,1H3,(H,22,25)(H2,19,20,21). The summed E-state index contributed by atoms with van der Waals surface area (Å²) in [5.74, 6) is 1.10. The van der Waals surface area contributed by atoms with E-state index in [9.17, 15) is 14.0 Å². The number of nitrogens with zero attached hydrogens (tertiary/aromatic N) is 2. The highest BCUT2D eigenvalue weighted by atomic mass is 32.2. The molecule has 142 valence electrons. The molecular weight excluding hydrogens is 357 g/mol. The van der Waals surface area contributed by atoms with Crippen molar-refractivity contribution in [2.24, 2.45) is 4.99 Å². The third-order valence-corrected chi connectivity index (χ3v) is 4.66. The lowest BCUT2D eigenvalue weighted by molar-refractivity contribution is -0.124. The normalized spacial score (nSPS) is 14.5. The summed E-state index contributed by atoms with van der Waals surface area (Å²) < 4.78 is 12.8. The van der Waals surface area contributed by atoms with Crippen LogP contribution in [-0.4, -0.2) is 61.3 Å². The van der Waals surface area contributed by atoms with Gasteiger partial charge >= 0.3 is 6.03 Å². The van der Waals surface area contributed by atoms with Crippen molar-refractivity contribution < 1.29 is 14.0 Å². The molecule has 0 unspecified atom stereocenters. The van der Waals surface area contributed by atoms with E-state index < -0.39 is 0 Å². The zero-order valence-electron chi connectivity index (χ0n) is 14.8. The van der Waals surface area contributed by atoms with Gasteiger partial charge in [-0.1, -0.05) is 0 Å². The van der Waals surface area contributed by atoms with Crippen LogP contribution in [0, 0.1) is 5.82 Å². The third-order valence-electron chi connectivity index (χ3n) is 3.56. The van der Waals surface area contributed by atoms with E-state index in [1.165, 1.54) is 17.0 Å². The number of urea groups is 1. The summed E-state index contributed by atoms with van der Waals surface area (Å²) in [4.78, 5) is 29.7. The number of imide groups is 1. The van der Waals surface area contributed by atoms with Crippen LogP contribution in [-0.2, 0) is 4.79 Å². The summed E-state index contributed by atoms with van der Waals surface area (Å²) in [5.41, 5.74) is 0. The summed E-state index contributed by atoms with van der Waals surface area (Å²) >= 11 is 1.66. The van der Waals surface area contributed by atoms with Crippen LogP contribution in [0.3, 0.4) is 0 Å². The van der Waals surface area contributed by atoms with Crippen LogP contribution in [0.1, 0.15) is 13.3 Å². The Hall–Kier alpha value is -2.29. The van der Waals surface area contributed by atoms with Gasteiger partial charge in [-0.3, -0.25) is 14.7 Å². The largest absolute Gasteiger partial charge is 0.357 e. The first-order chi connectivity index (χ1) is 12.6. The van der Waals surface area contributed by atoms with Crippen molar-refractivity contribution in [2.45, 2.75) is 18.2 Å². The number of hydrogen-bond donors (Lipinski definition) is 3. The van der Waals surface area contributed by atoms with Gasteiger partial charge in [0.2, 0.25) is 5.91 Å². The van der Waals surface area contributed by atoms with Crippen LogP contribution in [0.2, 0.25) is 0 Å². The number of amides is 3. The molecule has 3 N–H and O–H groups in total. The maximum Gasteiger partial charge on any atom is 0.324 e. The van der Waals surface area contributed by atoms with E-state index in [2.05, 4.69) is 20.9 Å². The summed E-state index contributed by atoms with van der Waals surface area (Å²) in [7, 11) is 0. The number of nitrogens with one attached hydrogen (secondary N) is 3. The van der Waals surface area contributed by atoms with E-state index >= 15 is 0 Å². The molecule has 7 nitrogen and oxygen atoms in total. The van der Waals surface area contributed by atoms with E-state index in [0.29, 0.717) is 25.6 Å². The number of carbonyl (C=O) groups is 2. The van der Waals surface area contributed by atoms with Crippen molar-refractivity contribution >= 4 is 29.7 Å². The number of carbonyl (C=O) groups excluding carboxylic acids is 2. The molecule has 9 heteroatoms. The van der Waals surface area contributed by atoms with Crippen molar-refractivity contribution in [1.82, 2.24) is 20.9 Å². The van der Waals surface area contributed by atoms with Gasteiger partial charge in [-0.2, -0.15) is 0 Å². The molecule has 1 aliphatic rings. The van der Waals surface area contributed by atoms with Gasteiger partial charge in [0.15, 0.2) is 5.96 Å². The topological polar surface area (TPSA) is 85.8 Å². The second-order valence-electron chi connectivity index (χ2n) is 5.55. The lowest BCUT2D eigenvalue weighted by Crippen LogP contribution is -2.43. The highest BCUT2D eigenvalue weighted by Crippen LogP contribution is 2.18. The SMILES string of the molecule is CCNC(=NCCCSc1ccc(F)cc1)NCCN1C(=O)CNC1=O. The van der Waals surface area contributed by atoms with Gasteiger partial charge in [0.25, 0.3) is 0 Å². The Bertz CT molecular complexity index is 623. The quantitative estimate of drug-likeness (QED) is 0.198. The van der Waals surface area contributed by atoms with Gasteiger partial charge in [0, 0.05) is 31.1 Å². The van der Waals surface area contributed by atoms with E-state index in [0.717, 1.165) is 23.6 Å². The fourth-order valence-electron chi connectivity index (χ4n) is 2.29. The second-order valence-corrected chi connectivity index (χ2v) is 6.72. The van der Waals surface area contributed by atoms with Crippen LogP contribution >= 0.6 is 11.8 Å². The predicted molar refractivity (Wildman–Crippen MR) is 101 cm³/mol. The average Bonchev–Trinajstić information content (AvgIpc) is 2.95. The highest BCUT2D eigenvalue weighted by Gasteiger charge is 2.27. The third kappa shape index (κ3) is 6.55. The Balaban J connectivity index is 1.67. The molecule has 1 fully saturated rings. The average molecular weight is 381 g/mol. The minimum atomic E-state index is -0.350. The Morgan fingerprint density at radius 2 is 2.08 bits per heavy atom. The number of hydrogen-bond acceptors (Lipinski definition) is 4. The lowest BCUT2D eigenvalue weighted by atomic mass is 10.4. The molecule has 0 aromatic heterocycles. The number of aliphatic imine (C=N–C) groups is 1. The summed E-state index contributed by atoms with van der Waals surface area (Å²) in [6.45, 7) is 4.15. The number of thioether (sulfide) groups is 1. The van der Waals surface area contributed by atoms with Crippen molar-refractivity contribution in [3.63, 3.8) is 0 Å². The number of rotatable bonds is 9. The van der Waals surface area contributed by atoms with Crippen LogP contribution in [0.4, 0.5) is 9.18 Å². The van der Waals surface area contributed by atoms with Crippen LogP contribution in [0.15, 0.2) is 34.2 Å². The molecule has 0 bridgehead atoms. The van der Waals surface area contributed by atoms with E-state index in [1.54, 1.807) is 23.9 Å². The minimum Gasteiger partial charge on any atom is -0.357 e. The van der Waals surface area contributed by atoms with Crippen LogP contribution in [0.25, 0.3) is 0 Å². The fourth-order valence-corrected chi connectivity index (χ4v) is 3.12. The molecular formula is C17H24FN5O2S. The molecule has 1 heterocycles. The minimum absolute atomic E-state index is 0.0682. The van der Waals surface area contributed by atoms with Crippen molar-refractivity contribution in [1.29, 1.82) is 0 Å². The van der Waals surface area contributed by atoms with Gasteiger partial charge in [-0.15, -0.1) is 11.8 Å². The molecule has 1 aliphatic heterocycles. The van der Waals surface area contributed by atoms with Crippen molar-refractivity contribution in [3.8, 4) is 0 Å². The van der Waals surface area contributed by atoms with E-state index in [1.807, 2.05) is 6.92 Å². The molecule has 0 radical (unpaired) electrons. The van der Waals surface area contributed by atoms with Gasteiger partial charge in [0.05, 0.1) is 6.54 Å². The molecule has 3 amide bonds. The first-order valence-electron chi connectivity index (χ1n) is 8.59. The number of guanidine groups is 1. The molecule has 1 saturated heterocycles. The Morgan fingerprint density at radius 3 is 2.73 bits per heavy atom. The zero-order valence-corrected chi connectivity index (χ0v) is 15.6. The first kappa shape index (κ1) is 20.0. The monoisotopic (exact) mass is 381 g/mol. The zero-order chi connectivity index (χ0) is 18.8. The van der Waals surface area contributed by atoms with Gasteiger partial charge in [-0.05, 0) is 43.4 Å². The molecule has 1 aromatic rings. The maximum absolute atomic E-state index is 12.8. The number of halogens is 1. The summed E-state index contributed by atoms with van der Waals surface area (Å²) in [6.07, 6.45) is 0.881. The van der Waals surface area contributed by atoms with Crippen molar-refractivity contribution in [3.05, 3.63) is 30.1 Å². The first-order valence-corrected chi connectivity index (χ1v) is 9.57.